The summed E-state index contributed by atoms with van der Waals surface area (Å²) in [6.07, 6.45) is 0. The monoisotopic (exact) mass is 218 g/mol. The van der Waals surface area contributed by atoms with E-state index in [1.54, 1.807) is 0 Å². The van der Waals surface area contributed by atoms with Gasteiger partial charge in [-0.25, -0.2) is 0 Å². The molecule has 1 amide bonds. The molecule has 3 heteroatoms. The molecule has 2 N–H and O–H groups in total. The first-order valence-electron chi connectivity index (χ1n) is 5.56. The van der Waals surface area contributed by atoms with E-state index in [2.05, 4.69) is 0 Å². The van der Waals surface area contributed by atoms with E-state index >= 15 is 0 Å². The van der Waals surface area contributed by atoms with Gasteiger partial charge in [0.15, 0.2) is 0 Å². The normalized spacial score (nSPS) is 25.5. The maximum Gasteiger partial charge on any atom is 0.243 e. The molecule has 0 unspecified atom stereocenters. The molecule has 1 aromatic rings. The Labute approximate surface area is 96.2 Å². The fraction of sp³-hybridized carbons (Fsp3) is 0.462. The van der Waals surface area contributed by atoms with E-state index in [1.165, 1.54) is 0 Å². The first kappa shape index (κ1) is 11.1. The summed E-state index contributed by atoms with van der Waals surface area (Å²) < 4.78 is 0. The van der Waals surface area contributed by atoms with Crippen molar-refractivity contribution in [2.75, 3.05) is 0 Å². The van der Waals surface area contributed by atoms with Gasteiger partial charge in [-0.1, -0.05) is 30.3 Å². The average Bonchev–Trinajstić information content (AvgIpc) is 2.23. The second-order valence-corrected chi connectivity index (χ2v) is 5.26. The van der Waals surface area contributed by atoms with Crippen molar-refractivity contribution in [3.8, 4) is 0 Å². The van der Waals surface area contributed by atoms with E-state index in [9.17, 15) is 4.79 Å². The van der Waals surface area contributed by atoms with Crippen LogP contribution in [0, 0.1) is 0 Å². The van der Waals surface area contributed by atoms with Crippen molar-refractivity contribution in [2.45, 2.75) is 38.4 Å². The molecule has 0 aromatic heterocycles. The zero-order valence-corrected chi connectivity index (χ0v) is 9.97. The standard InChI is InChI=1S/C13H18N2O/c1-13(2,3)15-11(10(14)12(15)16)9-7-5-4-6-8-9/h4-8,10-11H,14H2,1-3H3/t10-,11-/m0/s1. The largest absolute Gasteiger partial charge is 0.327 e. The van der Waals surface area contributed by atoms with E-state index in [-0.39, 0.29) is 23.5 Å². The van der Waals surface area contributed by atoms with Crippen molar-refractivity contribution in [3.05, 3.63) is 35.9 Å². The third-order valence-corrected chi connectivity index (χ3v) is 3.00. The van der Waals surface area contributed by atoms with E-state index in [1.807, 2.05) is 56.0 Å². The van der Waals surface area contributed by atoms with Crippen LogP contribution < -0.4 is 5.73 Å². The minimum Gasteiger partial charge on any atom is -0.327 e. The summed E-state index contributed by atoms with van der Waals surface area (Å²) in [6.45, 7) is 6.10. The summed E-state index contributed by atoms with van der Waals surface area (Å²) in [5.41, 5.74) is 6.84. The Kier molecular flexibility index (Phi) is 2.50. The number of likely N-dealkylation sites (tertiary alicyclic amines) is 1. The Morgan fingerprint density at radius 1 is 1.19 bits per heavy atom. The third-order valence-electron chi connectivity index (χ3n) is 3.00. The van der Waals surface area contributed by atoms with E-state index < -0.39 is 0 Å². The molecule has 0 radical (unpaired) electrons. The van der Waals surface area contributed by atoms with Crippen molar-refractivity contribution >= 4 is 5.91 Å². The molecule has 16 heavy (non-hydrogen) atoms. The Balaban J connectivity index is 2.31. The van der Waals surface area contributed by atoms with Gasteiger partial charge in [-0.2, -0.15) is 0 Å². The molecule has 2 rings (SSSR count). The van der Waals surface area contributed by atoms with Crippen molar-refractivity contribution in [3.63, 3.8) is 0 Å². The van der Waals surface area contributed by atoms with Crippen LogP contribution in [0.15, 0.2) is 30.3 Å². The van der Waals surface area contributed by atoms with Crippen LogP contribution in [0.3, 0.4) is 0 Å². The molecule has 0 saturated carbocycles. The Morgan fingerprint density at radius 3 is 2.25 bits per heavy atom. The van der Waals surface area contributed by atoms with Crippen LogP contribution in [0.5, 0.6) is 0 Å². The number of nitrogens with two attached hydrogens (primary N) is 1. The lowest BCUT2D eigenvalue weighted by molar-refractivity contribution is -0.158. The molecular formula is C13H18N2O. The molecule has 1 aromatic carbocycles. The second-order valence-electron chi connectivity index (χ2n) is 5.26. The van der Waals surface area contributed by atoms with Gasteiger partial charge in [0.1, 0.15) is 6.04 Å². The van der Waals surface area contributed by atoms with Gasteiger partial charge in [-0.3, -0.25) is 4.79 Å². The smallest absolute Gasteiger partial charge is 0.243 e. The van der Waals surface area contributed by atoms with Crippen molar-refractivity contribution in [1.82, 2.24) is 4.90 Å². The van der Waals surface area contributed by atoms with Crippen LogP contribution in [0.25, 0.3) is 0 Å². The molecule has 3 nitrogen and oxygen atoms in total. The number of β-lactam (4-membered cyclic amide) rings is 1. The van der Waals surface area contributed by atoms with E-state index in [0.717, 1.165) is 5.56 Å². The molecule has 0 spiro atoms. The summed E-state index contributed by atoms with van der Waals surface area (Å²) >= 11 is 0. The van der Waals surface area contributed by atoms with Gasteiger partial charge in [0.2, 0.25) is 5.91 Å². The maximum atomic E-state index is 11.8. The highest BCUT2D eigenvalue weighted by atomic mass is 16.2. The molecule has 2 atom stereocenters. The summed E-state index contributed by atoms with van der Waals surface area (Å²) in [5.74, 6) is 0.0429. The lowest BCUT2D eigenvalue weighted by atomic mass is 9.84. The molecule has 1 saturated heterocycles. The van der Waals surface area contributed by atoms with Crippen molar-refractivity contribution < 1.29 is 4.79 Å². The molecule has 1 aliphatic heterocycles. The predicted octanol–water partition coefficient (Wildman–Crippen LogP) is 1.70. The molecule has 1 fully saturated rings. The number of carbonyl (C=O) groups excluding carboxylic acids is 1. The minimum atomic E-state index is -0.387. The zero-order valence-electron chi connectivity index (χ0n) is 9.97. The number of carbonyl (C=O) groups is 1. The number of nitrogens with zero attached hydrogens (tertiary/aromatic N) is 1. The molecule has 0 aliphatic carbocycles. The van der Waals surface area contributed by atoms with E-state index in [0.29, 0.717) is 0 Å². The highest BCUT2D eigenvalue weighted by Crippen LogP contribution is 2.39. The van der Waals surface area contributed by atoms with Crippen molar-refractivity contribution in [2.24, 2.45) is 5.73 Å². The van der Waals surface area contributed by atoms with Crippen LogP contribution >= 0.6 is 0 Å². The third kappa shape index (κ3) is 1.61. The molecule has 0 bridgehead atoms. The van der Waals surface area contributed by atoms with Gasteiger partial charge >= 0.3 is 0 Å². The number of rotatable bonds is 1. The quantitative estimate of drug-likeness (QED) is 0.729. The summed E-state index contributed by atoms with van der Waals surface area (Å²) in [6, 6.07) is 9.61. The SMILES string of the molecule is CC(C)(C)N1C(=O)[C@@H](N)[C@@H]1c1ccccc1. The first-order valence-corrected chi connectivity index (χ1v) is 5.56. The number of hydrogen-bond donors (Lipinski definition) is 1. The topological polar surface area (TPSA) is 46.3 Å². The van der Waals surface area contributed by atoms with Gasteiger partial charge in [-0.05, 0) is 26.3 Å². The fourth-order valence-electron chi connectivity index (χ4n) is 2.27. The van der Waals surface area contributed by atoms with Crippen molar-refractivity contribution in [1.29, 1.82) is 0 Å². The zero-order chi connectivity index (χ0) is 11.9. The van der Waals surface area contributed by atoms with Crippen LogP contribution in [0.1, 0.15) is 32.4 Å². The number of benzene rings is 1. The lowest BCUT2D eigenvalue weighted by Gasteiger charge is -2.52. The molecule has 1 aliphatic rings. The van der Waals surface area contributed by atoms with Gasteiger partial charge < -0.3 is 10.6 Å². The molecule has 1 heterocycles. The minimum absolute atomic E-state index is 0.0219. The number of hydrogen-bond acceptors (Lipinski definition) is 2. The number of amides is 1. The van der Waals surface area contributed by atoms with E-state index in [4.69, 9.17) is 5.73 Å². The van der Waals surface area contributed by atoms with Crippen LogP contribution in [0.2, 0.25) is 0 Å². The molecule has 86 valence electrons. The van der Waals surface area contributed by atoms with Crippen LogP contribution in [-0.2, 0) is 4.79 Å². The predicted molar refractivity (Wildman–Crippen MR) is 63.8 cm³/mol. The first-order chi connectivity index (χ1) is 7.43. The Bertz CT molecular complexity index is 394. The average molecular weight is 218 g/mol. The van der Waals surface area contributed by atoms with Gasteiger partial charge in [0, 0.05) is 5.54 Å². The highest BCUT2D eigenvalue weighted by Gasteiger charge is 2.50. The summed E-state index contributed by atoms with van der Waals surface area (Å²) in [7, 11) is 0. The maximum absolute atomic E-state index is 11.8. The highest BCUT2D eigenvalue weighted by molar-refractivity contribution is 5.90. The summed E-state index contributed by atoms with van der Waals surface area (Å²) in [4.78, 5) is 13.7. The van der Waals surface area contributed by atoms with Crippen LogP contribution in [-0.4, -0.2) is 22.4 Å². The Morgan fingerprint density at radius 2 is 1.75 bits per heavy atom. The Hall–Kier alpha value is -1.35. The second kappa shape index (κ2) is 3.59. The fourth-order valence-corrected chi connectivity index (χ4v) is 2.27. The van der Waals surface area contributed by atoms with Crippen LogP contribution in [0.4, 0.5) is 0 Å². The summed E-state index contributed by atoms with van der Waals surface area (Å²) in [5, 5.41) is 0. The van der Waals surface area contributed by atoms with Gasteiger partial charge in [0.25, 0.3) is 0 Å². The van der Waals surface area contributed by atoms with Gasteiger partial charge in [-0.15, -0.1) is 0 Å². The lowest BCUT2D eigenvalue weighted by Crippen LogP contribution is -2.68. The molecular weight excluding hydrogens is 200 g/mol. The van der Waals surface area contributed by atoms with Gasteiger partial charge in [0.05, 0.1) is 6.04 Å².